The van der Waals surface area contributed by atoms with Crippen molar-refractivity contribution in [2.75, 3.05) is 0 Å². The Morgan fingerprint density at radius 3 is 1.83 bits per heavy atom. The van der Waals surface area contributed by atoms with Crippen LogP contribution in [-0.2, 0) is 0 Å². The summed E-state index contributed by atoms with van der Waals surface area (Å²) < 4.78 is 0. The minimum absolute atomic E-state index is 0.717. The minimum Gasteiger partial charge on any atom is -0.103 e. The molecule has 0 unspecified atom stereocenters. The molecular formula is C18H32. The first kappa shape index (κ1) is 14.2. The number of hydrogen-bond acceptors (Lipinski definition) is 0. The van der Waals surface area contributed by atoms with Crippen molar-refractivity contribution in [2.45, 2.75) is 78.1 Å². The van der Waals surface area contributed by atoms with Gasteiger partial charge in [0.2, 0.25) is 0 Å². The quantitative estimate of drug-likeness (QED) is 0.537. The Kier molecular flexibility index (Phi) is 4.92. The second-order valence-corrected chi connectivity index (χ2v) is 6.96. The lowest BCUT2D eigenvalue weighted by Gasteiger charge is -2.43. The third-order valence-corrected chi connectivity index (χ3v) is 6.41. The molecule has 0 heterocycles. The van der Waals surface area contributed by atoms with Gasteiger partial charge in [-0.15, -0.1) is 6.58 Å². The van der Waals surface area contributed by atoms with Gasteiger partial charge >= 0.3 is 0 Å². The van der Waals surface area contributed by atoms with E-state index in [4.69, 9.17) is 0 Å². The van der Waals surface area contributed by atoms with Crippen LogP contribution >= 0.6 is 0 Å². The summed E-state index contributed by atoms with van der Waals surface area (Å²) in [6.07, 6.45) is 16.8. The van der Waals surface area contributed by atoms with Crippen LogP contribution in [0, 0.1) is 23.2 Å². The molecule has 0 amide bonds. The molecule has 0 spiro atoms. The van der Waals surface area contributed by atoms with Crippen molar-refractivity contribution in [1.82, 2.24) is 0 Å². The van der Waals surface area contributed by atoms with Crippen LogP contribution in [0.3, 0.4) is 0 Å². The largest absolute Gasteiger partial charge is 0.103 e. The minimum atomic E-state index is 0.717. The smallest absolute Gasteiger partial charge is 0.0236 e. The molecule has 2 aliphatic carbocycles. The average Bonchev–Trinajstić information content (AvgIpc) is 2.47. The summed E-state index contributed by atoms with van der Waals surface area (Å²) >= 11 is 0. The highest BCUT2D eigenvalue weighted by molar-refractivity contribution is 4.90. The lowest BCUT2D eigenvalue weighted by molar-refractivity contribution is 0.0899. The zero-order valence-corrected chi connectivity index (χ0v) is 12.6. The standard InChI is InChI=1S/C18H32/c1-4-15-7-9-16(10-8-15)17-11-13-18(5-2,6-3)14-12-17/h4,15-17H,1,5-14H2,2-3H3. The number of allylic oxidation sites excluding steroid dienone is 1. The van der Waals surface area contributed by atoms with Crippen molar-refractivity contribution in [3.8, 4) is 0 Å². The van der Waals surface area contributed by atoms with Gasteiger partial charge in [0, 0.05) is 0 Å². The lowest BCUT2D eigenvalue weighted by atomic mass is 9.63. The molecule has 2 saturated carbocycles. The van der Waals surface area contributed by atoms with Gasteiger partial charge in [0.15, 0.2) is 0 Å². The van der Waals surface area contributed by atoms with Crippen molar-refractivity contribution < 1.29 is 0 Å². The third-order valence-electron chi connectivity index (χ3n) is 6.41. The van der Waals surface area contributed by atoms with E-state index in [0.717, 1.165) is 23.2 Å². The third kappa shape index (κ3) is 3.00. The van der Waals surface area contributed by atoms with Gasteiger partial charge < -0.3 is 0 Å². The topological polar surface area (TPSA) is 0 Å². The van der Waals surface area contributed by atoms with Gasteiger partial charge in [-0.05, 0) is 74.5 Å². The van der Waals surface area contributed by atoms with E-state index in [-0.39, 0.29) is 0 Å². The Morgan fingerprint density at radius 1 is 0.889 bits per heavy atom. The van der Waals surface area contributed by atoms with Crippen LogP contribution < -0.4 is 0 Å². The molecule has 0 radical (unpaired) electrons. The first-order valence-corrected chi connectivity index (χ1v) is 8.35. The molecule has 0 nitrogen and oxygen atoms in total. The van der Waals surface area contributed by atoms with Crippen molar-refractivity contribution in [3.05, 3.63) is 12.7 Å². The predicted octanol–water partition coefficient (Wildman–Crippen LogP) is 5.98. The molecule has 0 atom stereocenters. The first-order chi connectivity index (χ1) is 8.73. The summed E-state index contributed by atoms with van der Waals surface area (Å²) in [5, 5.41) is 0. The molecule has 0 bridgehead atoms. The summed E-state index contributed by atoms with van der Waals surface area (Å²) in [4.78, 5) is 0. The summed E-state index contributed by atoms with van der Waals surface area (Å²) in [5.74, 6) is 2.94. The molecular weight excluding hydrogens is 216 g/mol. The predicted molar refractivity (Wildman–Crippen MR) is 80.6 cm³/mol. The second kappa shape index (κ2) is 6.26. The van der Waals surface area contributed by atoms with E-state index >= 15 is 0 Å². The van der Waals surface area contributed by atoms with E-state index in [1.165, 1.54) is 64.2 Å². The molecule has 18 heavy (non-hydrogen) atoms. The Bertz CT molecular complexity index is 243. The van der Waals surface area contributed by atoms with Crippen LogP contribution in [0.4, 0.5) is 0 Å². The van der Waals surface area contributed by atoms with E-state index in [1.54, 1.807) is 0 Å². The van der Waals surface area contributed by atoms with Gasteiger partial charge in [0.05, 0.1) is 0 Å². The summed E-state index contributed by atoms with van der Waals surface area (Å²) in [6, 6.07) is 0. The van der Waals surface area contributed by atoms with Crippen LogP contribution in [0.25, 0.3) is 0 Å². The monoisotopic (exact) mass is 248 g/mol. The Balaban J connectivity index is 1.81. The molecule has 0 aliphatic heterocycles. The zero-order chi connectivity index (χ0) is 13.0. The summed E-state index contributed by atoms with van der Waals surface area (Å²) in [7, 11) is 0. The van der Waals surface area contributed by atoms with Gasteiger partial charge in [-0.2, -0.15) is 0 Å². The van der Waals surface area contributed by atoms with Crippen molar-refractivity contribution in [1.29, 1.82) is 0 Å². The molecule has 2 fully saturated rings. The molecule has 0 aromatic rings. The number of rotatable bonds is 4. The van der Waals surface area contributed by atoms with E-state index in [1.807, 2.05) is 0 Å². The SMILES string of the molecule is C=CC1CCC(C2CCC(CC)(CC)CC2)CC1. The maximum Gasteiger partial charge on any atom is -0.0236 e. The highest BCUT2D eigenvalue weighted by atomic mass is 14.4. The summed E-state index contributed by atoms with van der Waals surface area (Å²) in [6.45, 7) is 8.77. The first-order valence-electron chi connectivity index (χ1n) is 8.35. The Labute approximate surface area is 114 Å². The highest BCUT2D eigenvalue weighted by Gasteiger charge is 2.35. The van der Waals surface area contributed by atoms with Crippen LogP contribution in [0.5, 0.6) is 0 Å². The van der Waals surface area contributed by atoms with E-state index in [9.17, 15) is 0 Å². The maximum absolute atomic E-state index is 3.96. The van der Waals surface area contributed by atoms with Crippen molar-refractivity contribution in [3.63, 3.8) is 0 Å². The van der Waals surface area contributed by atoms with Gasteiger partial charge in [-0.1, -0.05) is 32.8 Å². The molecule has 2 aliphatic rings. The summed E-state index contributed by atoms with van der Waals surface area (Å²) in [5.41, 5.74) is 0.717. The van der Waals surface area contributed by atoms with Gasteiger partial charge in [-0.25, -0.2) is 0 Å². The normalized spacial score (nSPS) is 33.2. The second-order valence-electron chi connectivity index (χ2n) is 6.96. The highest BCUT2D eigenvalue weighted by Crippen LogP contribution is 2.48. The Hall–Kier alpha value is -0.260. The molecule has 0 aromatic carbocycles. The van der Waals surface area contributed by atoms with E-state index < -0.39 is 0 Å². The van der Waals surface area contributed by atoms with Crippen LogP contribution in [0.15, 0.2) is 12.7 Å². The van der Waals surface area contributed by atoms with Gasteiger partial charge in [0.25, 0.3) is 0 Å². The maximum atomic E-state index is 3.96. The average molecular weight is 248 g/mol. The fourth-order valence-electron chi connectivity index (χ4n) is 4.53. The van der Waals surface area contributed by atoms with Gasteiger partial charge in [0.1, 0.15) is 0 Å². The molecule has 104 valence electrons. The van der Waals surface area contributed by atoms with E-state index in [0.29, 0.717) is 0 Å². The molecule has 0 N–H and O–H groups in total. The van der Waals surface area contributed by atoms with E-state index in [2.05, 4.69) is 26.5 Å². The molecule has 0 heteroatoms. The molecule has 2 rings (SSSR count). The Morgan fingerprint density at radius 2 is 1.39 bits per heavy atom. The van der Waals surface area contributed by atoms with Crippen molar-refractivity contribution >= 4 is 0 Å². The fraction of sp³-hybridized carbons (Fsp3) is 0.889. The van der Waals surface area contributed by atoms with Crippen LogP contribution in [0.1, 0.15) is 78.1 Å². The molecule has 0 saturated heterocycles. The fourth-order valence-corrected chi connectivity index (χ4v) is 4.53. The number of hydrogen-bond donors (Lipinski definition) is 0. The van der Waals surface area contributed by atoms with Crippen molar-refractivity contribution in [2.24, 2.45) is 23.2 Å². The zero-order valence-electron chi connectivity index (χ0n) is 12.6. The van der Waals surface area contributed by atoms with Gasteiger partial charge in [-0.3, -0.25) is 0 Å². The lowest BCUT2D eigenvalue weighted by Crippen LogP contribution is -2.31. The van der Waals surface area contributed by atoms with Crippen LogP contribution in [0.2, 0.25) is 0 Å². The molecule has 0 aromatic heterocycles. The van der Waals surface area contributed by atoms with Crippen LogP contribution in [-0.4, -0.2) is 0 Å².